The van der Waals surface area contributed by atoms with Gasteiger partial charge in [-0.1, -0.05) is 47.2 Å². The Kier molecular flexibility index (Phi) is 13.2. The van der Waals surface area contributed by atoms with Gasteiger partial charge < -0.3 is 34.9 Å². The summed E-state index contributed by atoms with van der Waals surface area (Å²) in [5.74, 6) is 2.07. The first kappa shape index (κ1) is 30.5. The summed E-state index contributed by atoms with van der Waals surface area (Å²) in [6.45, 7) is 3.11. The number of halogens is 1. The highest BCUT2D eigenvalue weighted by atomic mass is 35.5. The van der Waals surface area contributed by atoms with Gasteiger partial charge in [0.2, 0.25) is 0 Å². The van der Waals surface area contributed by atoms with Crippen molar-refractivity contribution in [3.8, 4) is 5.75 Å². The maximum Gasteiger partial charge on any atom is 0.305 e. The van der Waals surface area contributed by atoms with Gasteiger partial charge in [-0.25, -0.2) is 0 Å². The molecular formula is C22H28ClN3O7S3-2. The second-order valence-corrected chi connectivity index (χ2v) is 11.0. The molecule has 14 heteroatoms. The van der Waals surface area contributed by atoms with Crippen LogP contribution in [0.5, 0.6) is 5.75 Å². The molecule has 0 aliphatic heterocycles. The lowest BCUT2D eigenvalue weighted by atomic mass is 10.1. The average molecular weight is 578 g/mol. The van der Waals surface area contributed by atoms with Crippen molar-refractivity contribution in [3.05, 3.63) is 62.2 Å². The van der Waals surface area contributed by atoms with Gasteiger partial charge in [0.25, 0.3) is 0 Å². The van der Waals surface area contributed by atoms with E-state index in [9.17, 15) is 15.0 Å². The number of H-pyrrole nitrogens is 1. The van der Waals surface area contributed by atoms with E-state index in [4.69, 9.17) is 29.1 Å². The van der Waals surface area contributed by atoms with E-state index in [0.717, 1.165) is 60.3 Å². The van der Waals surface area contributed by atoms with Crippen LogP contribution >= 0.6 is 34.7 Å². The van der Waals surface area contributed by atoms with Crippen LogP contribution in [-0.4, -0.2) is 70.4 Å². The summed E-state index contributed by atoms with van der Waals surface area (Å²) in [5, 5.41) is 27.9. The highest BCUT2D eigenvalue weighted by molar-refractivity contribution is 7.99. The molecule has 1 aromatic heterocycles. The van der Waals surface area contributed by atoms with Crippen molar-refractivity contribution in [1.82, 2.24) is 15.6 Å². The molecule has 0 saturated heterocycles. The number of benzene rings is 2. The molecule has 200 valence electrons. The Labute approximate surface area is 222 Å². The van der Waals surface area contributed by atoms with Crippen molar-refractivity contribution < 1.29 is 27.7 Å². The lowest BCUT2D eigenvalue weighted by Crippen LogP contribution is -2.24. The Hall–Kier alpha value is -1.68. The van der Waals surface area contributed by atoms with E-state index in [1.54, 1.807) is 6.07 Å². The minimum absolute atomic E-state index is 0.0204. The van der Waals surface area contributed by atoms with Crippen molar-refractivity contribution >= 4 is 55.3 Å². The van der Waals surface area contributed by atoms with Gasteiger partial charge in [0.15, 0.2) is 0 Å². The van der Waals surface area contributed by atoms with Gasteiger partial charge in [-0.15, -0.1) is 0 Å². The highest BCUT2D eigenvalue weighted by Crippen LogP contribution is 2.31. The molecule has 10 nitrogen and oxygen atoms in total. The number of thiazole rings is 1. The number of aromatic nitrogens is 1. The largest absolute Gasteiger partial charge is 0.759 e. The third-order valence-corrected chi connectivity index (χ3v) is 7.25. The summed E-state index contributed by atoms with van der Waals surface area (Å²) in [6, 6.07) is 11.1. The number of aromatic amines is 1. The second-order valence-electron chi connectivity index (χ2n) is 7.58. The first-order chi connectivity index (χ1) is 17.1. The minimum Gasteiger partial charge on any atom is -0.759 e. The summed E-state index contributed by atoms with van der Waals surface area (Å²) in [5.41, 5.74) is 2.22. The SMILES string of the molecule is O=S(=O)([O-])[O-].O=c1[nH]c2c(O)ccc([C@@H](O)CNCCSCCCNCCc3ccccc3Cl)c2s1. The first-order valence-electron chi connectivity index (χ1n) is 11.0. The number of hydrogen-bond acceptors (Lipinski definition) is 11. The van der Waals surface area contributed by atoms with Crippen molar-refractivity contribution in [2.75, 3.05) is 37.7 Å². The number of fused-ring (bicyclic) bond motifs is 1. The number of hydrogen-bond donors (Lipinski definition) is 5. The van der Waals surface area contributed by atoms with Crippen molar-refractivity contribution in [2.45, 2.75) is 18.9 Å². The molecule has 36 heavy (non-hydrogen) atoms. The van der Waals surface area contributed by atoms with E-state index >= 15 is 0 Å². The van der Waals surface area contributed by atoms with Gasteiger partial charge in [0.05, 0.1) is 10.8 Å². The summed E-state index contributed by atoms with van der Waals surface area (Å²) in [7, 11) is -5.17. The van der Waals surface area contributed by atoms with E-state index in [2.05, 4.69) is 21.7 Å². The summed E-state index contributed by atoms with van der Waals surface area (Å²) in [6.07, 6.45) is 1.31. The molecule has 0 radical (unpaired) electrons. The molecular weight excluding hydrogens is 550 g/mol. The van der Waals surface area contributed by atoms with Crippen LogP contribution in [0.15, 0.2) is 41.2 Å². The fourth-order valence-electron chi connectivity index (χ4n) is 3.25. The van der Waals surface area contributed by atoms with Gasteiger partial charge >= 0.3 is 4.87 Å². The Bertz CT molecular complexity index is 1240. The molecule has 3 rings (SSSR count). The summed E-state index contributed by atoms with van der Waals surface area (Å²) in [4.78, 5) is 13.9. The number of phenolic OH excluding ortho intramolecular Hbond substituents is 1. The maximum absolute atomic E-state index is 11.6. The van der Waals surface area contributed by atoms with Crippen molar-refractivity contribution in [1.29, 1.82) is 0 Å². The topological polar surface area (TPSA) is 178 Å². The Balaban J connectivity index is 0.000000830. The number of phenols is 1. The molecule has 0 aliphatic rings. The summed E-state index contributed by atoms with van der Waals surface area (Å²) < 4.78 is 34.7. The van der Waals surface area contributed by atoms with Crippen LogP contribution in [0.3, 0.4) is 0 Å². The number of rotatable bonds is 13. The van der Waals surface area contributed by atoms with Crippen LogP contribution in [-0.2, 0) is 16.8 Å². The van der Waals surface area contributed by atoms with Crippen LogP contribution in [0, 0.1) is 0 Å². The van der Waals surface area contributed by atoms with E-state index in [1.807, 2.05) is 30.0 Å². The third-order valence-electron chi connectivity index (χ3n) is 4.88. The number of aromatic hydroxyl groups is 1. The van der Waals surface area contributed by atoms with Crippen LogP contribution in [0.25, 0.3) is 10.2 Å². The van der Waals surface area contributed by atoms with E-state index in [1.165, 1.54) is 11.6 Å². The summed E-state index contributed by atoms with van der Waals surface area (Å²) >= 11 is 9.04. The zero-order valence-electron chi connectivity index (χ0n) is 19.2. The molecule has 0 saturated carbocycles. The monoisotopic (exact) mass is 577 g/mol. The van der Waals surface area contributed by atoms with Crippen LogP contribution in [0.4, 0.5) is 0 Å². The lowest BCUT2D eigenvalue weighted by Gasteiger charge is -2.13. The predicted octanol–water partition coefficient (Wildman–Crippen LogP) is 2.19. The molecule has 0 fully saturated rings. The smallest absolute Gasteiger partial charge is 0.305 e. The normalized spacial score (nSPS) is 12.3. The van der Waals surface area contributed by atoms with Crippen LogP contribution in [0.2, 0.25) is 5.02 Å². The van der Waals surface area contributed by atoms with Gasteiger partial charge in [0, 0.05) is 39.8 Å². The highest BCUT2D eigenvalue weighted by Gasteiger charge is 2.15. The zero-order chi connectivity index (χ0) is 26.6. The molecule has 0 amide bonds. The quantitative estimate of drug-likeness (QED) is 0.115. The number of aliphatic hydroxyl groups excluding tert-OH is 1. The number of aliphatic hydroxyl groups is 1. The van der Waals surface area contributed by atoms with Crippen LogP contribution < -0.4 is 15.5 Å². The molecule has 2 aromatic carbocycles. The fraction of sp³-hybridized carbons (Fsp3) is 0.409. The van der Waals surface area contributed by atoms with Crippen LogP contribution in [0.1, 0.15) is 23.7 Å². The first-order valence-corrected chi connectivity index (χ1v) is 14.7. The standard InChI is InChI=1S/C22H28ClN3O3S2.H2O4S/c23-17-5-2-1-4-15(17)8-10-24-9-3-12-30-13-11-25-14-19(28)16-6-7-18(27)20-21(16)31-22(29)26-20;1-5(2,3)4/h1-2,4-7,19,24-25,27-28H,3,8-14H2,(H,26,29);(H2,1,2,3,4)/p-2/t19-;/m0./s1. The van der Waals surface area contributed by atoms with Crippen molar-refractivity contribution in [3.63, 3.8) is 0 Å². The average Bonchev–Trinajstić information content (AvgIpc) is 3.20. The molecule has 1 atom stereocenters. The molecule has 3 aromatic rings. The second kappa shape index (κ2) is 15.5. The Morgan fingerprint density at radius 2 is 1.81 bits per heavy atom. The predicted molar refractivity (Wildman–Crippen MR) is 142 cm³/mol. The lowest BCUT2D eigenvalue weighted by molar-refractivity contribution is 0.177. The van der Waals surface area contributed by atoms with E-state index in [-0.39, 0.29) is 10.6 Å². The minimum atomic E-state index is -5.17. The molecule has 0 spiro atoms. The molecule has 5 N–H and O–H groups in total. The van der Waals surface area contributed by atoms with Gasteiger partial charge in [-0.3, -0.25) is 13.2 Å². The van der Waals surface area contributed by atoms with Gasteiger partial charge in [-0.2, -0.15) is 11.8 Å². The molecule has 0 unspecified atom stereocenters. The van der Waals surface area contributed by atoms with E-state index in [0.29, 0.717) is 22.3 Å². The molecule has 0 bridgehead atoms. The molecule has 0 aliphatic carbocycles. The molecule has 1 heterocycles. The number of thioether (sulfide) groups is 1. The fourth-order valence-corrected chi connectivity index (χ4v) is 5.23. The zero-order valence-corrected chi connectivity index (χ0v) is 22.4. The third kappa shape index (κ3) is 11.6. The van der Waals surface area contributed by atoms with Crippen molar-refractivity contribution in [2.24, 2.45) is 0 Å². The Morgan fingerprint density at radius 3 is 2.53 bits per heavy atom. The van der Waals surface area contributed by atoms with Gasteiger partial charge in [0.1, 0.15) is 11.3 Å². The Morgan fingerprint density at radius 1 is 1.08 bits per heavy atom. The number of nitrogens with one attached hydrogen (secondary N) is 3. The maximum atomic E-state index is 11.6. The van der Waals surface area contributed by atoms with Gasteiger partial charge in [-0.05, 0) is 49.4 Å². The van der Waals surface area contributed by atoms with E-state index < -0.39 is 16.5 Å².